The molecule has 25 heavy (non-hydrogen) atoms. The lowest BCUT2D eigenvalue weighted by molar-refractivity contribution is -0.122. The number of primary amides is 1. The van der Waals surface area contributed by atoms with Gasteiger partial charge >= 0.3 is 0 Å². The van der Waals surface area contributed by atoms with Gasteiger partial charge in [-0.3, -0.25) is 4.79 Å². The normalized spacial score (nSPS) is 34.9. The summed E-state index contributed by atoms with van der Waals surface area (Å²) in [7, 11) is 0. The average molecular weight is 342 g/mol. The van der Waals surface area contributed by atoms with E-state index < -0.39 is 5.91 Å². The van der Waals surface area contributed by atoms with Crippen molar-refractivity contribution < 1.29 is 14.7 Å². The smallest absolute Gasteiger partial charge is 0.258 e. The number of carbonyl (C=O) groups excluding carboxylic acids is 1. The van der Waals surface area contributed by atoms with E-state index >= 15 is 0 Å². The van der Waals surface area contributed by atoms with Gasteiger partial charge in [-0.05, 0) is 79.5 Å². The van der Waals surface area contributed by atoms with Crippen molar-refractivity contribution in [1.29, 1.82) is 0 Å². The number of aromatic hydroxyl groups is 1. The molecule has 3 aliphatic rings. The molecule has 5 heteroatoms. The fraction of sp³-hybridized carbons (Fsp3) is 0.600. The maximum absolute atomic E-state index is 10.9. The summed E-state index contributed by atoms with van der Waals surface area (Å²) in [4.78, 5) is 16.1. The molecule has 0 aromatic heterocycles. The second-order valence-corrected chi connectivity index (χ2v) is 8.07. The Hall–Kier alpha value is -2.04. The van der Waals surface area contributed by atoms with E-state index in [9.17, 15) is 9.90 Å². The molecule has 0 radical (unpaired) electrons. The topological polar surface area (TPSA) is 84.9 Å². The van der Waals surface area contributed by atoms with Gasteiger partial charge in [-0.15, -0.1) is 0 Å². The average Bonchev–Trinajstić information content (AvgIpc) is 2.91. The summed E-state index contributed by atoms with van der Waals surface area (Å²) in [5.41, 5.74) is 9.07. The van der Waals surface area contributed by atoms with E-state index in [4.69, 9.17) is 10.6 Å². The van der Waals surface area contributed by atoms with Crippen LogP contribution in [0.1, 0.15) is 56.1 Å². The minimum Gasteiger partial charge on any atom is -0.508 e. The second-order valence-electron chi connectivity index (χ2n) is 8.07. The lowest BCUT2D eigenvalue weighted by Crippen LogP contribution is -2.42. The van der Waals surface area contributed by atoms with Crippen molar-refractivity contribution in [1.82, 2.24) is 0 Å². The maximum Gasteiger partial charge on any atom is 0.258 e. The summed E-state index contributed by atoms with van der Waals surface area (Å²) in [6.45, 7) is 2.17. The molecule has 1 aromatic carbocycles. The SMILES string of the molecule is C[C@]12CC[C@@H]3c4ccc(O)cc4CC[C@H]3[C@@H]1CC/C2=N\OCC(N)=O. The van der Waals surface area contributed by atoms with Gasteiger partial charge in [0.15, 0.2) is 6.61 Å². The third-order valence-electron chi connectivity index (χ3n) is 6.83. The van der Waals surface area contributed by atoms with Crippen molar-refractivity contribution >= 4 is 11.6 Å². The Labute approximate surface area is 148 Å². The number of amides is 1. The Morgan fingerprint density at radius 1 is 1.36 bits per heavy atom. The lowest BCUT2D eigenvalue weighted by Gasteiger charge is -2.49. The molecule has 2 saturated carbocycles. The van der Waals surface area contributed by atoms with Crippen LogP contribution in [0, 0.1) is 17.3 Å². The third-order valence-corrected chi connectivity index (χ3v) is 6.83. The van der Waals surface area contributed by atoms with Gasteiger partial charge in [0, 0.05) is 5.41 Å². The Bertz CT molecular complexity index is 730. The quantitative estimate of drug-likeness (QED) is 0.828. The van der Waals surface area contributed by atoms with Crippen LogP contribution in [-0.2, 0) is 16.1 Å². The van der Waals surface area contributed by atoms with Crippen LogP contribution in [0.25, 0.3) is 0 Å². The number of hydrogen-bond acceptors (Lipinski definition) is 4. The van der Waals surface area contributed by atoms with Gasteiger partial charge in [-0.1, -0.05) is 18.1 Å². The summed E-state index contributed by atoms with van der Waals surface area (Å²) < 4.78 is 0. The van der Waals surface area contributed by atoms with E-state index in [0.29, 0.717) is 23.5 Å². The van der Waals surface area contributed by atoms with Gasteiger partial charge in [-0.2, -0.15) is 0 Å². The van der Waals surface area contributed by atoms with E-state index in [0.717, 1.165) is 37.8 Å². The predicted octanol–water partition coefficient (Wildman–Crippen LogP) is 3.11. The van der Waals surface area contributed by atoms with Crippen molar-refractivity contribution in [2.24, 2.45) is 28.1 Å². The molecule has 0 saturated heterocycles. The first-order chi connectivity index (χ1) is 12.0. The molecule has 2 fully saturated rings. The molecule has 0 bridgehead atoms. The van der Waals surface area contributed by atoms with Crippen molar-refractivity contribution in [2.45, 2.75) is 51.4 Å². The fourth-order valence-corrected chi connectivity index (χ4v) is 5.68. The molecule has 4 atom stereocenters. The standard InChI is InChI=1S/C20H26N2O3/c1-20-9-8-15-14-5-3-13(23)10-12(14)2-4-16(15)17(20)6-7-18(20)22-25-11-19(21)24/h3,5,10,15-17,23H,2,4,6-9,11H2,1H3,(H2,21,24)/b22-18+/t15-,16-,17+,20+/m1/s1. The summed E-state index contributed by atoms with van der Waals surface area (Å²) >= 11 is 0. The van der Waals surface area contributed by atoms with Gasteiger partial charge in [0.25, 0.3) is 5.91 Å². The van der Waals surface area contributed by atoms with Gasteiger partial charge in [0.05, 0.1) is 5.71 Å². The van der Waals surface area contributed by atoms with Gasteiger partial charge in [0.2, 0.25) is 0 Å². The Balaban J connectivity index is 1.58. The van der Waals surface area contributed by atoms with Gasteiger partial charge in [0.1, 0.15) is 5.75 Å². The predicted molar refractivity (Wildman–Crippen MR) is 95.3 cm³/mol. The fourth-order valence-electron chi connectivity index (χ4n) is 5.68. The van der Waals surface area contributed by atoms with Crippen LogP contribution >= 0.6 is 0 Å². The molecule has 5 nitrogen and oxygen atoms in total. The number of carbonyl (C=O) groups is 1. The minimum absolute atomic E-state index is 0.0766. The van der Waals surface area contributed by atoms with Crippen molar-refractivity contribution in [3.63, 3.8) is 0 Å². The van der Waals surface area contributed by atoms with Crippen molar-refractivity contribution in [3.8, 4) is 5.75 Å². The highest BCUT2D eigenvalue weighted by Gasteiger charge is 2.53. The van der Waals surface area contributed by atoms with Crippen molar-refractivity contribution in [2.75, 3.05) is 6.61 Å². The Morgan fingerprint density at radius 3 is 3.00 bits per heavy atom. The molecule has 1 aromatic rings. The number of benzene rings is 1. The van der Waals surface area contributed by atoms with E-state index in [2.05, 4.69) is 18.1 Å². The highest BCUT2D eigenvalue weighted by atomic mass is 16.6. The molecule has 0 aliphatic heterocycles. The van der Waals surface area contributed by atoms with Crippen LogP contribution in [0.3, 0.4) is 0 Å². The zero-order chi connectivity index (χ0) is 17.6. The molecule has 0 spiro atoms. The Kier molecular flexibility index (Phi) is 3.97. The molecular weight excluding hydrogens is 316 g/mol. The highest BCUT2D eigenvalue weighted by molar-refractivity contribution is 5.92. The van der Waals surface area contributed by atoms with E-state index in [1.54, 1.807) is 0 Å². The number of hydrogen-bond donors (Lipinski definition) is 2. The number of oxime groups is 1. The molecule has 3 aliphatic carbocycles. The number of nitrogens with zero attached hydrogens (tertiary/aromatic N) is 1. The number of phenolic OH excluding ortho intramolecular Hbond substituents is 1. The Morgan fingerprint density at radius 2 is 2.20 bits per heavy atom. The minimum atomic E-state index is -0.486. The van der Waals surface area contributed by atoms with Crippen LogP contribution in [0.5, 0.6) is 5.75 Å². The second kappa shape index (κ2) is 6.04. The largest absolute Gasteiger partial charge is 0.508 e. The number of phenols is 1. The molecule has 3 N–H and O–H groups in total. The van der Waals surface area contributed by atoms with Crippen LogP contribution in [0.15, 0.2) is 23.4 Å². The van der Waals surface area contributed by atoms with Gasteiger partial charge < -0.3 is 15.7 Å². The molecular formula is C20H26N2O3. The van der Waals surface area contributed by atoms with Crippen LogP contribution in [-0.4, -0.2) is 23.3 Å². The molecule has 0 heterocycles. The monoisotopic (exact) mass is 342 g/mol. The first kappa shape index (κ1) is 16.4. The molecule has 134 valence electrons. The molecule has 4 rings (SSSR count). The van der Waals surface area contributed by atoms with Crippen LogP contribution in [0.4, 0.5) is 0 Å². The zero-order valence-corrected chi connectivity index (χ0v) is 14.7. The number of aryl methyl sites for hydroxylation is 1. The third kappa shape index (κ3) is 2.70. The van der Waals surface area contributed by atoms with E-state index in [1.165, 1.54) is 17.5 Å². The molecule has 1 amide bonds. The summed E-state index contributed by atoms with van der Waals surface area (Å²) in [6.07, 6.45) is 6.55. The first-order valence-electron chi connectivity index (χ1n) is 9.28. The van der Waals surface area contributed by atoms with E-state index in [-0.39, 0.29) is 12.0 Å². The maximum atomic E-state index is 10.9. The number of rotatable bonds is 3. The zero-order valence-electron chi connectivity index (χ0n) is 14.7. The van der Waals surface area contributed by atoms with Crippen molar-refractivity contribution in [3.05, 3.63) is 29.3 Å². The van der Waals surface area contributed by atoms with Crippen LogP contribution < -0.4 is 5.73 Å². The van der Waals surface area contributed by atoms with Crippen LogP contribution in [0.2, 0.25) is 0 Å². The lowest BCUT2D eigenvalue weighted by atomic mass is 9.55. The van der Waals surface area contributed by atoms with E-state index in [1.807, 2.05) is 12.1 Å². The highest BCUT2D eigenvalue weighted by Crippen LogP contribution is 2.59. The molecule has 0 unspecified atom stereocenters. The summed E-state index contributed by atoms with van der Waals surface area (Å²) in [6, 6.07) is 5.90. The number of nitrogens with two attached hydrogens (primary N) is 1. The summed E-state index contributed by atoms with van der Waals surface area (Å²) in [5.74, 6) is 1.76. The first-order valence-corrected chi connectivity index (χ1v) is 9.28. The summed E-state index contributed by atoms with van der Waals surface area (Å²) in [5, 5.41) is 14.1. The number of fused-ring (bicyclic) bond motifs is 5. The van der Waals surface area contributed by atoms with Gasteiger partial charge in [-0.25, -0.2) is 0 Å².